The minimum atomic E-state index is -2.28. The molecule has 0 aliphatic heterocycles. The van der Waals surface area contributed by atoms with E-state index in [4.69, 9.17) is 19.0 Å². The molecule has 2 N–H and O–H groups in total. The van der Waals surface area contributed by atoms with Crippen molar-refractivity contribution in [2.45, 2.75) is 136 Å². The van der Waals surface area contributed by atoms with E-state index in [0.717, 1.165) is 17.1 Å². The maximum absolute atomic E-state index is 13.2. The highest BCUT2D eigenvalue weighted by Gasteiger charge is 2.45. The number of hydrogen-bond acceptors (Lipinski definition) is 5. The zero-order valence-corrected chi connectivity index (χ0v) is 29.1. The van der Waals surface area contributed by atoms with Crippen molar-refractivity contribution in [3.63, 3.8) is 0 Å². The first-order chi connectivity index (χ1) is 15.6. The molecule has 0 fully saturated rings. The van der Waals surface area contributed by atoms with Gasteiger partial charge in [0.2, 0.25) is 0 Å². The van der Waals surface area contributed by atoms with Crippen LogP contribution in [0.3, 0.4) is 0 Å². The van der Waals surface area contributed by atoms with E-state index in [0.29, 0.717) is 6.42 Å². The number of nitrogens with two attached hydrogens (primary N) is 1. The maximum atomic E-state index is 13.2. The van der Waals surface area contributed by atoms with Crippen LogP contribution in [0.15, 0.2) is 18.2 Å². The zero-order chi connectivity index (χ0) is 28.8. The molecule has 0 aromatic heterocycles. The van der Waals surface area contributed by atoms with E-state index in [-0.39, 0.29) is 21.1 Å². The molecular formula is C28H55NO4Si3. The number of rotatable bonds is 8. The molecule has 0 radical (unpaired) electrons. The number of carbonyl (C=O) groups is 1. The monoisotopic (exact) mass is 553 g/mol. The SMILES string of the molecule is CC(N)(Cc1ccc(O[Si](C)(C)C(C)(C)C)c(O[Si](C)(C)C(C)(C)C)c1)C(=O)O[Si](C)(C)C(C)(C)C. The third-order valence-electron chi connectivity index (χ3n) is 8.54. The number of carbonyl (C=O) groups excluding carboxylic acids is 1. The van der Waals surface area contributed by atoms with Gasteiger partial charge >= 0.3 is 5.97 Å². The Labute approximate surface area is 225 Å². The van der Waals surface area contributed by atoms with Gasteiger partial charge in [0.25, 0.3) is 25.0 Å². The molecule has 1 atom stereocenters. The first-order valence-corrected chi connectivity index (χ1v) is 21.9. The summed E-state index contributed by atoms with van der Waals surface area (Å²) in [5, 5.41) is 0.0154. The predicted octanol–water partition coefficient (Wildman–Crippen LogP) is 8.26. The van der Waals surface area contributed by atoms with Gasteiger partial charge in [0.05, 0.1) is 0 Å². The minimum absolute atomic E-state index is 0.0343. The van der Waals surface area contributed by atoms with Crippen LogP contribution in [0, 0.1) is 0 Å². The van der Waals surface area contributed by atoms with E-state index in [2.05, 4.69) is 102 Å². The summed E-state index contributed by atoms with van der Waals surface area (Å²) in [5.74, 6) is 1.18. The summed E-state index contributed by atoms with van der Waals surface area (Å²) in [4.78, 5) is 13.2. The molecule has 8 heteroatoms. The summed E-state index contributed by atoms with van der Waals surface area (Å²) in [6.45, 7) is 34.6. The molecule has 5 nitrogen and oxygen atoms in total. The molecular weight excluding hydrogens is 499 g/mol. The van der Waals surface area contributed by atoms with Crippen molar-refractivity contribution in [2.75, 3.05) is 0 Å². The van der Waals surface area contributed by atoms with E-state index in [1.807, 2.05) is 18.2 Å². The van der Waals surface area contributed by atoms with Gasteiger partial charge in [-0.2, -0.15) is 0 Å². The number of hydrogen-bond donors (Lipinski definition) is 1. The highest BCUT2D eigenvalue weighted by molar-refractivity contribution is 6.76. The Morgan fingerprint density at radius 3 is 1.47 bits per heavy atom. The Hall–Kier alpha value is -1.10. The lowest BCUT2D eigenvalue weighted by Crippen LogP contribution is -2.54. The van der Waals surface area contributed by atoms with Gasteiger partial charge in [-0.3, -0.25) is 4.79 Å². The lowest BCUT2D eigenvalue weighted by atomic mass is 9.94. The van der Waals surface area contributed by atoms with Gasteiger partial charge in [0.1, 0.15) is 17.0 Å². The molecule has 1 aromatic rings. The van der Waals surface area contributed by atoms with Crippen molar-refractivity contribution >= 4 is 30.9 Å². The van der Waals surface area contributed by atoms with Crippen LogP contribution in [0.2, 0.25) is 54.4 Å². The van der Waals surface area contributed by atoms with Crippen molar-refractivity contribution in [1.29, 1.82) is 0 Å². The molecule has 0 saturated heterocycles. The van der Waals surface area contributed by atoms with Gasteiger partial charge in [-0.15, -0.1) is 0 Å². The lowest BCUT2D eigenvalue weighted by molar-refractivity contribution is -0.141. The largest absolute Gasteiger partial charge is 0.541 e. The van der Waals surface area contributed by atoms with E-state index in [9.17, 15) is 4.79 Å². The van der Waals surface area contributed by atoms with E-state index < -0.39 is 30.5 Å². The number of benzene rings is 1. The Bertz CT molecular complexity index is 934. The average molecular weight is 554 g/mol. The molecule has 0 amide bonds. The summed E-state index contributed by atoms with van der Waals surface area (Å²) in [6, 6.07) is 6.02. The van der Waals surface area contributed by atoms with Gasteiger partial charge in [0, 0.05) is 6.42 Å². The van der Waals surface area contributed by atoms with E-state index in [1.165, 1.54) is 0 Å². The van der Waals surface area contributed by atoms with Crippen molar-refractivity contribution in [3.8, 4) is 11.5 Å². The second-order valence-corrected chi connectivity index (χ2v) is 29.4. The Kier molecular flexibility index (Phi) is 9.35. The molecule has 0 spiro atoms. The molecule has 208 valence electrons. The van der Waals surface area contributed by atoms with Crippen molar-refractivity contribution in [3.05, 3.63) is 23.8 Å². The third kappa shape index (κ3) is 7.95. The summed E-state index contributed by atoms with van der Waals surface area (Å²) in [7, 11) is -6.50. The van der Waals surface area contributed by atoms with Gasteiger partial charge in [0.15, 0.2) is 0 Å². The molecule has 36 heavy (non-hydrogen) atoms. The molecule has 1 rings (SSSR count). The molecule has 0 heterocycles. The van der Waals surface area contributed by atoms with Crippen LogP contribution in [-0.4, -0.2) is 36.5 Å². The highest BCUT2D eigenvalue weighted by atomic mass is 28.4. The highest BCUT2D eigenvalue weighted by Crippen LogP contribution is 2.44. The maximum Gasteiger partial charge on any atom is 0.312 e. The van der Waals surface area contributed by atoms with Crippen LogP contribution in [0.25, 0.3) is 0 Å². The van der Waals surface area contributed by atoms with Crippen LogP contribution < -0.4 is 14.6 Å². The zero-order valence-electron chi connectivity index (χ0n) is 26.1. The molecule has 0 bridgehead atoms. The fourth-order valence-corrected chi connectivity index (χ4v) is 5.72. The van der Waals surface area contributed by atoms with Crippen LogP contribution in [0.1, 0.15) is 74.8 Å². The first-order valence-electron chi connectivity index (χ1n) is 13.2. The molecule has 0 aliphatic rings. The molecule has 1 unspecified atom stereocenters. The summed E-state index contributed by atoms with van der Waals surface area (Å²) < 4.78 is 19.5. The van der Waals surface area contributed by atoms with E-state index in [1.54, 1.807) is 6.92 Å². The molecule has 1 aromatic carbocycles. The summed E-state index contributed by atoms with van der Waals surface area (Å²) in [6.07, 6.45) is 0.356. The summed E-state index contributed by atoms with van der Waals surface area (Å²) in [5.41, 5.74) is 6.36. The van der Waals surface area contributed by atoms with Gasteiger partial charge < -0.3 is 19.0 Å². The first kappa shape index (κ1) is 32.9. The van der Waals surface area contributed by atoms with Crippen LogP contribution in [0.4, 0.5) is 0 Å². The minimum Gasteiger partial charge on any atom is -0.541 e. The summed E-state index contributed by atoms with van der Waals surface area (Å²) >= 11 is 0. The van der Waals surface area contributed by atoms with Gasteiger partial charge in [-0.1, -0.05) is 68.4 Å². The van der Waals surface area contributed by atoms with Crippen molar-refractivity contribution < 1.29 is 18.1 Å². The van der Waals surface area contributed by atoms with Crippen LogP contribution in [-0.2, 0) is 15.6 Å². The Morgan fingerprint density at radius 2 is 1.08 bits per heavy atom. The Balaban J connectivity index is 3.42. The standard InChI is InChI=1S/C28H55NO4Si3/c1-25(2,3)34(11,12)31-22-18-17-21(19-23(22)32-35(13,14)26(4,5)6)20-28(10,29)24(30)33-36(15,16)27(7,8)9/h17-19H,20,29H2,1-16H3. The quantitative estimate of drug-likeness (QED) is 0.328. The average Bonchev–Trinajstić information content (AvgIpc) is 2.60. The van der Waals surface area contributed by atoms with Crippen molar-refractivity contribution in [1.82, 2.24) is 0 Å². The second kappa shape index (κ2) is 10.2. The fourth-order valence-electron chi connectivity index (χ4n) is 2.68. The van der Waals surface area contributed by atoms with Crippen molar-refractivity contribution in [2.24, 2.45) is 5.73 Å². The van der Waals surface area contributed by atoms with Crippen LogP contribution >= 0.6 is 0 Å². The third-order valence-corrected chi connectivity index (χ3v) is 21.5. The fraction of sp³-hybridized carbons (Fsp3) is 0.750. The van der Waals surface area contributed by atoms with Crippen LogP contribution in [0.5, 0.6) is 11.5 Å². The van der Waals surface area contributed by atoms with Gasteiger partial charge in [-0.05, 0) is 79.0 Å². The molecule has 0 aliphatic carbocycles. The second-order valence-electron chi connectivity index (χ2n) is 15.2. The Morgan fingerprint density at radius 1 is 0.694 bits per heavy atom. The van der Waals surface area contributed by atoms with Gasteiger partial charge in [-0.25, -0.2) is 0 Å². The van der Waals surface area contributed by atoms with E-state index >= 15 is 0 Å². The molecule has 0 saturated carbocycles. The predicted molar refractivity (Wildman–Crippen MR) is 162 cm³/mol. The smallest absolute Gasteiger partial charge is 0.312 e. The lowest BCUT2D eigenvalue weighted by Gasteiger charge is -2.40. The topological polar surface area (TPSA) is 70.8 Å². The normalized spacial score (nSPS) is 15.8.